The second kappa shape index (κ2) is 2.68. The van der Waals surface area contributed by atoms with Crippen molar-refractivity contribution >= 4 is 11.9 Å². The lowest BCUT2D eigenvalue weighted by Crippen LogP contribution is -2.36. The molecule has 0 unspecified atom stereocenters. The molecule has 2 N–H and O–H groups in total. The van der Waals surface area contributed by atoms with Crippen molar-refractivity contribution in [2.45, 2.75) is 12.8 Å². The van der Waals surface area contributed by atoms with Gasteiger partial charge in [-0.05, 0) is 6.42 Å². The molecular formula is C6H9NO3. The molecule has 1 rings (SSSR count). The zero-order valence-electron chi connectivity index (χ0n) is 5.46. The van der Waals surface area contributed by atoms with Crippen LogP contribution in [0.5, 0.6) is 0 Å². The van der Waals surface area contributed by atoms with Gasteiger partial charge in [0.2, 0.25) is 5.91 Å². The molecule has 0 aromatic carbocycles. The number of rotatable bonds is 1. The smallest absolute Gasteiger partial charge is 0.307 e. The topological polar surface area (TPSA) is 66.4 Å². The number of hydrogen-bond donors (Lipinski definition) is 2. The molecule has 0 radical (unpaired) electrons. The first-order valence-electron chi connectivity index (χ1n) is 3.19. The van der Waals surface area contributed by atoms with Crippen LogP contribution in [0.1, 0.15) is 12.8 Å². The van der Waals surface area contributed by atoms with Gasteiger partial charge in [0.05, 0.1) is 5.92 Å². The molecule has 1 saturated heterocycles. The summed E-state index contributed by atoms with van der Waals surface area (Å²) >= 11 is 0. The van der Waals surface area contributed by atoms with Crippen LogP contribution < -0.4 is 5.32 Å². The quantitative estimate of drug-likeness (QED) is 0.524. The number of carboxylic acids is 1. The van der Waals surface area contributed by atoms with Crippen molar-refractivity contribution in [3.63, 3.8) is 0 Å². The Labute approximate surface area is 58.2 Å². The van der Waals surface area contributed by atoms with E-state index in [1.165, 1.54) is 0 Å². The van der Waals surface area contributed by atoms with E-state index in [-0.39, 0.29) is 12.3 Å². The van der Waals surface area contributed by atoms with Crippen molar-refractivity contribution in [3.05, 3.63) is 0 Å². The van der Waals surface area contributed by atoms with Crippen molar-refractivity contribution in [1.82, 2.24) is 5.32 Å². The lowest BCUT2D eigenvalue weighted by atomic mass is 9.98. The largest absolute Gasteiger partial charge is 0.481 e. The number of piperidine rings is 1. The Kier molecular flexibility index (Phi) is 1.89. The summed E-state index contributed by atoms with van der Waals surface area (Å²) in [4.78, 5) is 20.9. The summed E-state index contributed by atoms with van der Waals surface area (Å²) in [5.41, 5.74) is 0. The molecule has 1 atom stereocenters. The van der Waals surface area contributed by atoms with Crippen LogP contribution in [-0.4, -0.2) is 23.5 Å². The Hall–Kier alpha value is -1.06. The molecule has 1 heterocycles. The molecule has 0 saturated carbocycles. The third kappa shape index (κ3) is 1.46. The van der Waals surface area contributed by atoms with Crippen LogP contribution in [0.3, 0.4) is 0 Å². The Morgan fingerprint density at radius 1 is 1.70 bits per heavy atom. The maximum atomic E-state index is 10.6. The summed E-state index contributed by atoms with van der Waals surface area (Å²) in [5, 5.41) is 11.0. The van der Waals surface area contributed by atoms with Gasteiger partial charge in [0, 0.05) is 13.0 Å². The zero-order chi connectivity index (χ0) is 7.56. The molecule has 10 heavy (non-hydrogen) atoms. The minimum Gasteiger partial charge on any atom is -0.481 e. The normalized spacial score (nSPS) is 25.6. The highest BCUT2D eigenvalue weighted by molar-refractivity contribution is 5.83. The van der Waals surface area contributed by atoms with Gasteiger partial charge in [-0.3, -0.25) is 9.59 Å². The van der Waals surface area contributed by atoms with Crippen LogP contribution in [0.25, 0.3) is 0 Å². The van der Waals surface area contributed by atoms with E-state index in [9.17, 15) is 9.59 Å². The fourth-order valence-electron chi connectivity index (χ4n) is 0.995. The van der Waals surface area contributed by atoms with Gasteiger partial charge in [0.25, 0.3) is 0 Å². The van der Waals surface area contributed by atoms with Gasteiger partial charge in [-0.15, -0.1) is 0 Å². The molecule has 4 heteroatoms. The van der Waals surface area contributed by atoms with E-state index in [4.69, 9.17) is 5.11 Å². The predicted octanol–water partition coefficient (Wildman–Crippen LogP) is -0.403. The average molecular weight is 143 g/mol. The van der Waals surface area contributed by atoms with Gasteiger partial charge in [-0.2, -0.15) is 0 Å². The molecule has 1 aliphatic heterocycles. The zero-order valence-corrected chi connectivity index (χ0v) is 5.46. The van der Waals surface area contributed by atoms with Gasteiger partial charge < -0.3 is 10.4 Å². The molecule has 1 aliphatic rings. The van der Waals surface area contributed by atoms with Crippen LogP contribution in [0.15, 0.2) is 0 Å². The van der Waals surface area contributed by atoms with Crippen LogP contribution in [-0.2, 0) is 9.59 Å². The molecule has 0 aliphatic carbocycles. The Morgan fingerprint density at radius 2 is 2.40 bits per heavy atom. The molecule has 0 spiro atoms. The minimum atomic E-state index is -0.866. The maximum absolute atomic E-state index is 10.6. The highest BCUT2D eigenvalue weighted by atomic mass is 16.4. The van der Waals surface area contributed by atoms with Crippen molar-refractivity contribution in [2.75, 3.05) is 6.54 Å². The molecule has 4 nitrogen and oxygen atoms in total. The predicted molar refractivity (Wildman–Crippen MR) is 33.4 cm³/mol. The summed E-state index contributed by atoms with van der Waals surface area (Å²) < 4.78 is 0. The summed E-state index contributed by atoms with van der Waals surface area (Å²) in [6, 6.07) is 0. The van der Waals surface area contributed by atoms with Gasteiger partial charge in [0.15, 0.2) is 0 Å². The number of carboxylic acid groups (broad SMARTS) is 1. The Morgan fingerprint density at radius 3 is 2.80 bits per heavy atom. The second-order valence-corrected chi connectivity index (χ2v) is 2.38. The molecule has 0 aromatic heterocycles. The second-order valence-electron chi connectivity index (χ2n) is 2.38. The summed E-state index contributed by atoms with van der Waals surface area (Å²) in [7, 11) is 0. The molecule has 0 aromatic rings. The summed E-state index contributed by atoms with van der Waals surface area (Å²) in [5.74, 6) is -1.48. The van der Waals surface area contributed by atoms with E-state index in [0.29, 0.717) is 13.0 Å². The number of nitrogens with one attached hydrogen (secondary N) is 1. The number of hydrogen-bond acceptors (Lipinski definition) is 2. The lowest BCUT2D eigenvalue weighted by molar-refractivity contribution is -0.145. The van der Waals surface area contributed by atoms with E-state index in [2.05, 4.69) is 5.32 Å². The number of carbonyl (C=O) groups excluding carboxylic acids is 1. The van der Waals surface area contributed by atoms with E-state index < -0.39 is 11.9 Å². The van der Waals surface area contributed by atoms with Crippen LogP contribution in [0.2, 0.25) is 0 Å². The molecule has 1 fully saturated rings. The molecular weight excluding hydrogens is 134 g/mol. The van der Waals surface area contributed by atoms with E-state index in [1.54, 1.807) is 0 Å². The first-order chi connectivity index (χ1) is 4.70. The van der Waals surface area contributed by atoms with Gasteiger partial charge in [0.1, 0.15) is 0 Å². The average Bonchev–Trinajstić information content (AvgIpc) is 1.88. The van der Waals surface area contributed by atoms with Gasteiger partial charge >= 0.3 is 5.97 Å². The monoisotopic (exact) mass is 143 g/mol. The van der Waals surface area contributed by atoms with Gasteiger partial charge in [-0.1, -0.05) is 0 Å². The highest BCUT2D eigenvalue weighted by Crippen LogP contribution is 2.11. The third-order valence-electron chi connectivity index (χ3n) is 1.60. The van der Waals surface area contributed by atoms with Crippen molar-refractivity contribution in [1.29, 1.82) is 0 Å². The van der Waals surface area contributed by atoms with E-state index >= 15 is 0 Å². The van der Waals surface area contributed by atoms with E-state index in [1.807, 2.05) is 0 Å². The SMILES string of the molecule is O=C1C[C@@H](C(=O)O)CCN1. The number of aliphatic carboxylic acids is 1. The third-order valence-corrected chi connectivity index (χ3v) is 1.60. The van der Waals surface area contributed by atoms with Crippen molar-refractivity contribution < 1.29 is 14.7 Å². The van der Waals surface area contributed by atoms with Crippen molar-refractivity contribution in [3.8, 4) is 0 Å². The minimum absolute atomic E-state index is 0.134. The number of carbonyl (C=O) groups is 2. The van der Waals surface area contributed by atoms with Crippen LogP contribution in [0.4, 0.5) is 0 Å². The molecule has 56 valence electrons. The van der Waals surface area contributed by atoms with Crippen LogP contribution in [0, 0.1) is 5.92 Å². The lowest BCUT2D eigenvalue weighted by Gasteiger charge is -2.17. The highest BCUT2D eigenvalue weighted by Gasteiger charge is 2.24. The maximum Gasteiger partial charge on any atom is 0.307 e. The fraction of sp³-hybridized carbons (Fsp3) is 0.667. The first-order valence-corrected chi connectivity index (χ1v) is 3.19. The van der Waals surface area contributed by atoms with Gasteiger partial charge in [-0.25, -0.2) is 0 Å². The standard InChI is InChI=1S/C6H9NO3/c8-5-3-4(6(9)10)1-2-7-5/h4H,1-3H2,(H,7,8)(H,9,10)/t4-/m0/s1. The first kappa shape index (κ1) is 7.05. The summed E-state index contributed by atoms with van der Waals surface area (Å²) in [6.07, 6.45) is 0.691. The summed E-state index contributed by atoms with van der Waals surface area (Å²) in [6.45, 7) is 0.496. The van der Waals surface area contributed by atoms with E-state index in [0.717, 1.165) is 0 Å². The number of amides is 1. The molecule has 1 amide bonds. The van der Waals surface area contributed by atoms with Crippen LogP contribution >= 0.6 is 0 Å². The fourth-order valence-corrected chi connectivity index (χ4v) is 0.995. The molecule has 0 bridgehead atoms. The van der Waals surface area contributed by atoms with Crippen molar-refractivity contribution in [2.24, 2.45) is 5.92 Å². The Bertz CT molecular complexity index is 164. The Balaban J connectivity index is 2.47.